The Morgan fingerprint density at radius 1 is 1.10 bits per heavy atom. The molecule has 0 unspecified atom stereocenters. The smallest absolute Gasteiger partial charge is 0.103 e. The van der Waals surface area contributed by atoms with Gasteiger partial charge in [0.05, 0.1) is 11.3 Å². The molecular formula is C23H19N5S. The number of hydrogen-bond donors (Lipinski definition) is 3. The van der Waals surface area contributed by atoms with Crippen LogP contribution in [0.5, 0.6) is 0 Å². The Bertz CT molecular complexity index is 1230. The lowest BCUT2D eigenvalue weighted by Gasteiger charge is -2.14. The molecule has 2 aromatic heterocycles. The number of anilines is 2. The van der Waals surface area contributed by atoms with E-state index in [2.05, 4.69) is 34.3 Å². The van der Waals surface area contributed by atoms with Crippen molar-refractivity contribution in [1.82, 2.24) is 9.97 Å². The number of benzene rings is 2. The zero-order valence-electron chi connectivity index (χ0n) is 15.8. The molecular weight excluding hydrogens is 378 g/mol. The summed E-state index contributed by atoms with van der Waals surface area (Å²) >= 11 is 1.22. The van der Waals surface area contributed by atoms with E-state index in [9.17, 15) is 5.26 Å². The minimum Gasteiger partial charge on any atom is -0.361 e. The van der Waals surface area contributed by atoms with Gasteiger partial charge in [-0.1, -0.05) is 24.3 Å². The van der Waals surface area contributed by atoms with Gasteiger partial charge in [0.15, 0.2) is 0 Å². The number of nitriles is 1. The van der Waals surface area contributed by atoms with Gasteiger partial charge >= 0.3 is 0 Å². The molecule has 0 bridgehead atoms. The van der Waals surface area contributed by atoms with Gasteiger partial charge in [-0.25, -0.2) is 0 Å². The van der Waals surface area contributed by atoms with Gasteiger partial charge in [-0.3, -0.25) is 10.1 Å². The van der Waals surface area contributed by atoms with Gasteiger partial charge in [0.2, 0.25) is 0 Å². The van der Waals surface area contributed by atoms with Crippen molar-refractivity contribution in [2.45, 2.75) is 11.8 Å². The Hall–Kier alpha value is -3.53. The van der Waals surface area contributed by atoms with Crippen molar-refractivity contribution in [3.8, 4) is 6.07 Å². The summed E-state index contributed by atoms with van der Waals surface area (Å²) < 4.78 is 0. The van der Waals surface area contributed by atoms with Crippen LogP contribution in [0.15, 0.2) is 66.0 Å². The molecule has 0 aliphatic rings. The van der Waals surface area contributed by atoms with Crippen molar-refractivity contribution in [2.75, 3.05) is 5.32 Å². The van der Waals surface area contributed by atoms with Crippen LogP contribution in [-0.4, -0.2) is 9.97 Å². The summed E-state index contributed by atoms with van der Waals surface area (Å²) in [5.41, 5.74) is 6.29. The van der Waals surface area contributed by atoms with E-state index >= 15 is 0 Å². The zero-order valence-corrected chi connectivity index (χ0v) is 16.6. The number of aryl methyl sites for hydroxylation is 1. The van der Waals surface area contributed by atoms with Crippen LogP contribution >= 0.6 is 11.9 Å². The summed E-state index contributed by atoms with van der Waals surface area (Å²) in [6.07, 6.45) is 9.23. The first kappa shape index (κ1) is 18.8. The maximum absolute atomic E-state index is 9.60. The molecule has 4 rings (SSSR count). The summed E-state index contributed by atoms with van der Waals surface area (Å²) in [6, 6.07) is 16.3. The largest absolute Gasteiger partial charge is 0.361 e. The quantitative estimate of drug-likeness (QED) is 0.380. The molecule has 6 heteroatoms. The zero-order chi connectivity index (χ0) is 20.2. The van der Waals surface area contributed by atoms with Gasteiger partial charge in [-0.15, -0.1) is 0 Å². The van der Waals surface area contributed by atoms with Crippen LogP contribution < -0.4 is 10.5 Å². The second kappa shape index (κ2) is 8.23. The third kappa shape index (κ3) is 3.87. The Morgan fingerprint density at radius 3 is 2.69 bits per heavy atom. The molecule has 0 saturated heterocycles. The van der Waals surface area contributed by atoms with E-state index in [1.54, 1.807) is 12.4 Å². The summed E-state index contributed by atoms with van der Waals surface area (Å²) in [7, 11) is 0. The number of aromatic amines is 1. The minimum atomic E-state index is 0.496. The van der Waals surface area contributed by atoms with Gasteiger partial charge in [0.1, 0.15) is 6.07 Å². The second-order valence-corrected chi connectivity index (χ2v) is 7.29. The van der Waals surface area contributed by atoms with Crippen LogP contribution in [0.25, 0.3) is 23.1 Å². The van der Waals surface area contributed by atoms with Gasteiger partial charge in [0, 0.05) is 45.6 Å². The van der Waals surface area contributed by atoms with E-state index in [4.69, 9.17) is 5.14 Å². The predicted octanol–water partition coefficient (Wildman–Crippen LogP) is 5.62. The van der Waals surface area contributed by atoms with Gasteiger partial charge < -0.3 is 10.3 Å². The van der Waals surface area contributed by atoms with E-state index in [0.717, 1.165) is 43.9 Å². The van der Waals surface area contributed by atoms with Crippen LogP contribution in [0.2, 0.25) is 0 Å². The number of pyridine rings is 1. The van der Waals surface area contributed by atoms with Crippen LogP contribution in [0.4, 0.5) is 11.4 Å². The molecule has 2 aromatic carbocycles. The molecule has 0 aliphatic heterocycles. The highest BCUT2D eigenvalue weighted by molar-refractivity contribution is 7.97. The lowest BCUT2D eigenvalue weighted by Crippen LogP contribution is -1.99. The molecule has 0 aliphatic carbocycles. The van der Waals surface area contributed by atoms with E-state index < -0.39 is 0 Å². The third-order valence-corrected chi connectivity index (χ3v) is 5.37. The van der Waals surface area contributed by atoms with Gasteiger partial charge in [0.25, 0.3) is 0 Å². The Labute approximate surface area is 173 Å². The van der Waals surface area contributed by atoms with Gasteiger partial charge in [-0.2, -0.15) is 5.26 Å². The number of hydrogen-bond acceptors (Lipinski definition) is 5. The highest BCUT2D eigenvalue weighted by Gasteiger charge is 2.11. The summed E-state index contributed by atoms with van der Waals surface area (Å²) in [5, 5.41) is 19.8. The lowest BCUT2D eigenvalue weighted by molar-refractivity contribution is 1.28. The van der Waals surface area contributed by atoms with E-state index in [1.807, 2.05) is 54.7 Å². The van der Waals surface area contributed by atoms with Crippen molar-refractivity contribution in [1.29, 1.82) is 5.26 Å². The fourth-order valence-electron chi connectivity index (χ4n) is 3.22. The molecule has 0 atom stereocenters. The van der Waals surface area contributed by atoms with Crippen molar-refractivity contribution >= 4 is 46.4 Å². The minimum absolute atomic E-state index is 0.496. The molecule has 2 heterocycles. The third-order valence-electron chi connectivity index (χ3n) is 4.83. The molecule has 5 nitrogen and oxygen atoms in total. The molecule has 0 saturated carbocycles. The number of rotatable bonds is 5. The molecule has 0 fully saturated rings. The number of aromatic nitrogens is 2. The first-order valence-corrected chi connectivity index (χ1v) is 9.94. The topological polar surface area (TPSA) is 90.5 Å². The van der Waals surface area contributed by atoms with Crippen LogP contribution in [0.3, 0.4) is 0 Å². The van der Waals surface area contributed by atoms with Crippen molar-refractivity contribution < 1.29 is 0 Å². The molecule has 0 amide bonds. The van der Waals surface area contributed by atoms with E-state index in [-0.39, 0.29) is 0 Å². The van der Waals surface area contributed by atoms with E-state index in [0.29, 0.717) is 5.56 Å². The monoisotopic (exact) mass is 397 g/mol. The fourth-order valence-corrected chi connectivity index (χ4v) is 3.52. The maximum Gasteiger partial charge on any atom is 0.103 e. The highest BCUT2D eigenvalue weighted by Crippen LogP contribution is 2.31. The number of H-pyrrole nitrogens is 1. The van der Waals surface area contributed by atoms with Crippen molar-refractivity contribution in [3.63, 3.8) is 0 Å². The first-order chi connectivity index (χ1) is 14.2. The molecule has 4 aromatic rings. The molecule has 0 radical (unpaired) electrons. The van der Waals surface area contributed by atoms with Crippen LogP contribution in [-0.2, 0) is 0 Å². The number of nitrogens with zero attached hydrogens (tertiary/aromatic N) is 2. The Balaban J connectivity index is 1.71. The van der Waals surface area contributed by atoms with Crippen LogP contribution in [0.1, 0.15) is 22.3 Å². The highest BCUT2D eigenvalue weighted by atomic mass is 32.2. The molecule has 142 valence electrons. The lowest BCUT2D eigenvalue weighted by atomic mass is 10.1. The van der Waals surface area contributed by atoms with Gasteiger partial charge in [-0.05, 0) is 60.3 Å². The average Bonchev–Trinajstić information content (AvgIpc) is 3.25. The fraction of sp³-hybridized carbons (Fsp3) is 0.0435. The normalized spacial score (nSPS) is 11.1. The standard InChI is InChI=1S/C23H19N5S/c1-15-20-10-11-27-22(20)9-8-21(15)28-23-17(13-26-14-18(23)12-24)5-2-16-3-6-19(29-25)7-4-16/h2-11,13-14,27H,25H2,1H3,(H,26,28)/b5-2+. The predicted molar refractivity (Wildman–Crippen MR) is 121 cm³/mol. The molecule has 0 spiro atoms. The Morgan fingerprint density at radius 2 is 1.93 bits per heavy atom. The molecule has 4 N–H and O–H groups in total. The average molecular weight is 398 g/mol. The van der Waals surface area contributed by atoms with Crippen molar-refractivity contribution in [3.05, 3.63) is 83.3 Å². The van der Waals surface area contributed by atoms with E-state index in [1.165, 1.54) is 11.9 Å². The SMILES string of the molecule is Cc1c(Nc2c(C#N)cncc2/C=C/c2ccc(SN)cc2)ccc2[nH]ccc12. The summed E-state index contributed by atoms with van der Waals surface area (Å²) in [6.45, 7) is 2.07. The summed E-state index contributed by atoms with van der Waals surface area (Å²) in [4.78, 5) is 8.45. The second-order valence-electron chi connectivity index (χ2n) is 6.59. The van der Waals surface area contributed by atoms with Crippen molar-refractivity contribution in [2.24, 2.45) is 5.14 Å². The number of nitrogens with one attached hydrogen (secondary N) is 2. The van der Waals surface area contributed by atoms with Crippen LogP contribution in [0, 0.1) is 18.3 Å². The first-order valence-electron chi connectivity index (χ1n) is 9.06. The Kier molecular flexibility index (Phi) is 5.34. The maximum atomic E-state index is 9.60. The molecule has 29 heavy (non-hydrogen) atoms. The summed E-state index contributed by atoms with van der Waals surface area (Å²) in [5.74, 6) is 0. The number of fused-ring (bicyclic) bond motifs is 1. The number of nitrogens with two attached hydrogens (primary N) is 1.